The first kappa shape index (κ1) is 12.5. The van der Waals surface area contributed by atoms with Crippen LogP contribution in [-0.2, 0) is 11.2 Å². The fourth-order valence-electron chi connectivity index (χ4n) is 1.20. The van der Waals surface area contributed by atoms with Gasteiger partial charge in [-0.05, 0) is 52.5 Å². The zero-order valence-corrected chi connectivity index (χ0v) is 10.4. The zero-order chi connectivity index (χ0) is 11.6. The molecular weight excluding hydrogens is 284 g/mol. The van der Waals surface area contributed by atoms with Crippen LogP contribution in [0, 0.1) is 12.7 Å². The quantitative estimate of drug-likeness (QED) is 0.855. The van der Waals surface area contributed by atoms with Gasteiger partial charge in [0.15, 0.2) is 0 Å². The van der Waals surface area contributed by atoms with Crippen LogP contribution in [0.2, 0.25) is 0 Å². The Balaban J connectivity index is 2.95. The van der Waals surface area contributed by atoms with Crippen molar-refractivity contribution in [1.82, 2.24) is 0 Å². The number of amides is 1. The second-order valence-corrected chi connectivity index (χ2v) is 4.65. The Morgan fingerprint density at radius 3 is 2.80 bits per heavy atom. The van der Waals surface area contributed by atoms with Crippen molar-refractivity contribution < 1.29 is 9.18 Å². The van der Waals surface area contributed by atoms with Gasteiger partial charge in [-0.3, -0.25) is 4.79 Å². The molecule has 1 unspecified atom stereocenters. The van der Waals surface area contributed by atoms with Crippen molar-refractivity contribution in [3.05, 3.63) is 33.5 Å². The molecule has 0 spiro atoms. The van der Waals surface area contributed by atoms with Crippen LogP contribution >= 0.6 is 27.5 Å². The Bertz CT molecular complexity index is 397. The number of primary amides is 1. The van der Waals surface area contributed by atoms with Crippen LogP contribution in [0.15, 0.2) is 16.6 Å². The van der Waals surface area contributed by atoms with Gasteiger partial charge < -0.3 is 5.73 Å². The second kappa shape index (κ2) is 4.94. The molecule has 0 aliphatic heterocycles. The molecule has 1 aromatic rings. The lowest BCUT2D eigenvalue weighted by molar-refractivity contribution is -0.117. The van der Waals surface area contributed by atoms with Crippen LogP contribution in [0.1, 0.15) is 11.1 Å². The normalized spacial score (nSPS) is 12.5. The smallest absolute Gasteiger partial charge is 0.235 e. The fraction of sp³-hybridized carbons (Fsp3) is 0.300. The maximum atomic E-state index is 13.1. The van der Waals surface area contributed by atoms with Gasteiger partial charge in [-0.15, -0.1) is 11.6 Å². The van der Waals surface area contributed by atoms with Crippen LogP contribution in [0.4, 0.5) is 4.39 Å². The maximum Gasteiger partial charge on any atom is 0.235 e. The molecule has 0 fully saturated rings. The Morgan fingerprint density at radius 1 is 1.67 bits per heavy atom. The van der Waals surface area contributed by atoms with Gasteiger partial charge in [0, 0.05) is 0 Å². The van der Waals surface area contributed by atoms with E-state index >= 15 is 0 Å². The first-order chi connectivity index (χ1) is 6.91. The van der Waals surface area contributed by atoms with Crippen molar-refractivity contribution in [1.29, 1.82) is 0 Å². The average molecular weight is 295 g/mol. The van der Waals surface area contributed by atoms with Gasteiger partial charge in [-0.25, -0.2) is 4.39 Å². The van der Waals surface area contributed by atoms with E-state index < -0.39 is 11.3 Å². The van der Waals surface area contributed by atoms with E-state index in [1.165, 1.54) is 6.07 Å². The molecule has 0 radical (unpaired) electrons. The van der Waals surface area contributed by atoms with Crippen LogP contribution in [0.5, 0.6) is 0 Å². The summed E-state index contributed by atoms with van der Waals surface area (Å²) in [6.07, 6.45) is 0.307. The minimum Gasteiger partial charge on any atom is -0.368 e. The Morgan fingerprint density at radius 2 is 2.27 bits per heavy atom. The monoisotopic (exact) mass is 293 g/mol. The fourth-order valence-corrected chi connectivity index (χ4v) is 1.76. The summed E-state index contributed by atoms with van der Waals surface area (Å²) in [4.78, 5) is 10.8. The lowest BCUT2D eigenvalue weighted by atomic mass is 10.0. The predicted octanol–water partition coefficient (Wildman–Crippen LogP) is 2.53. The Hall–Kier alpha value is -0.610. The molecule has 0 aromatic heterocycles. The number of hydrogen-bond acceptors (Lipinski definition) is 1. The number of carbonyl (C=O) groups excluding carboxylic acids is 1. The number of hydrogen-bond donors (Lipinski definition) is 1. The first-order valence-corrected chi connectivity index (χ1v) is 5.52. The van der Waals surface area contributed by atoms with Gasteiger partial charge in [0.2, 0.25) is 5.91 Å². The predicted molar refractivity (Wildman–Crippen MR) is 61.4 cm³/mol. The summed E-state index contributed by atoms with van der Waals surface area (Å²) in [5.74, 6) is -0.905. The van der Waals surface area contributed by atoms with E-state index in [0.29, 0.717) is 10.9 Å². The van der Waals surface area contributed by atoms with Gasteiger partial charge in [0.25, 0.3) is 0 Å². The highest BCUT2D eigenvalue weighted by Crippen LogP contribution is 2.22. The molecule has 0 heterocycles. The van der Waals surface area contributed by atoms with Crippen molar-refractivity contribution in [2.75, 3.05) is 0 Å². The average Bonchev–Trinajstić information content (AvgIpc) is 2.13. The number of alkyl halides is 1. The van der Waals surface area contributed by atoms with Crippen molar-refractivity contribution in [3.8, 4) is 0 Å². The van der Waals surface area contributed by atoms with E-state index in [4.69, 9.17) is 17.3 Å². The molecule has 1 amide bonds. The molecule has 0 saturated heterocycles. The number of halogens is 3. The largest absolute Gasteiger partial charge is 0.368 e. The number of aryl methyl sites for hydroxylation is 1. The van der Waals surface area contributed by atoms with Gasteiger partial charge >= 0.3 is 0 Å². The number of nitrogens with two attached hydrogens (primary N) is 1. The molecule has 0 saturated carbocycles. The number of benzene rings is 1. The summed E-state index contributed by atoms with van der Waals surface area (Å²) in [5.41, 5.74) is 6.61. The molecule has 15 heavy (non-hydrogen) atoms. The summed E-state index contributed by atoms with van der Waals surface area (Å²) in [6, 6.07) is 3.01. The molecule has 0 aliphatic carbocycles. The molecule has 5 heteroatoms. The van der Waals surface area contributed by atoms with Crippen molar-refractivity contribution >= 4 is 33.4 Å². The molecule has 0 bridgehead atoms. The van der Waals surface area contributed by atoms with E-state index in [2.05, 4.69) is 15.9 Å². The molecule has 1 atom stereocenters. The van der Waals surface area contributed by atoms with Gasteiger partial charge in [-0.1, -0.05) is 0 Å². The minimum absolute atomic E-state index is 0.307. The topological polar surface area (TPSA) is 43.1 Å². The zero-order valence-electron chi connectivity index (χ0n) is 8.06. The first-order valence-electron chi connectivity index (χ1n) is 4.29. The van der Waals surface area contributed by atoms with Crippen molar-refractivity contribution in [3.63, 3.8) is 0 Å². The standard InChI is InChI=1S/C10H10BrClFNO/c1-5-2-9(13)7(11)3-6(5)4-8(12)10(14)15/h2-3,8H,4H2,1H3,(H2,14,15). The Labute approximate surface area is 101 Å². The highest BCUT2D eigenvalue weighted by Gasteiger charge is 2.14. The van der Waals surface area contributed by atoms with Gasteiger partial charge in [0.1, 0.15) is 11.2 Å². The van der Waals surface area contributed by atoms with E-state index in [0.717, 1.165) is 11.1 Å². The van der Waals surface area contributed by atoms with Gasteiger partial charge in [0.05, 0.1) is 4.47 Å². The van der Waals surface area contributed by atoms with E-state index in [9.17, 15) is 9.18 Å². The van der Waals surface area contributed by atoms with Crippen LogP contribution in [-0.4, -0.2) is 11.3 Å². The third kappa shape index (κ3) is 3.18. The van der Waals surface area contributed by atoms with Gasteiger partial charge in [-0.2, -0.15) is 0 Å². The summed E-state index contributed by atoms with van der Waals surface area (Å²) >= 11 is 8.80. The molecule has 1 rings (SSSR count). The molecule has 2 N–H and O–H groups in total. The second-order valence-electron chi connectivity index (χ2n) is 3.27. The lowest BCUT2D eigenvalue weighted by Gasteiger charge is -2.09. The summed E-state index contributed by atoms with van der Waals surface area (Å²) in [5, 5.41) is -0.763. The maximum absolute atomic E-state index is 13.1. The molecule has 1 aromatic carbocycles. The van der Waals surface area contributed by atoms with Crippen LogP contribution < -0.4 is 5.73 Å². The highest BCUT2D eigenvalue weighted by atomic mass is 79.9. The number of rotatable bonds is 3. The van der Waals surface area contributed by atoms with E-state index in [1.807, 2.05) is 0 Å². The third-order valence-electron chi connectivity index (χ3n) is 2.09. The summed E-state index contributed by atoms with van der Waals surface area (Å²) in [6.45, 7) is 1.76. The Kier molecular flexibility index (Phi) is 4.11. The molecule has 2 nitrogen and oxygen atoms in total. The SMILES string of the molecule is Cc1cc(F)c(Br)cc1CC(Cl)C(N)=O. The number of carbonyl (C=O) groups is 1. The van der Waals surface area contributed by atoms with Crippen molar-refractivity contribution in [2.24, 2.45) is 5.73 Å². The lowest BCUT2D eigenvalue weighted by Crippen LogP contribution is -2.25. The third-order valence-corrected chi connectivity index (χ3v) is 3.06. The van der Waals surface area contributed by atoms with Crippen molar-refractivity contribution in [2.45, 2.75) is 18.7 Å². The molecule has 82 valence electrons. The summed E-state index contributed by atoms with van der Waals surface area (Å²) < 4.78 is 13.4. The summed E-state index contributed by atoms with van der Waals surface area (Å²) in [7, 11) is 0. The highest BCUT2D eigenvalue weighted by molar-refractivity contribution is 9.10. The van der Waals surface area contributed by atoms with Crippen LogP contribution in [0.25, 0.3) is 0 Å². The van der Waals surface area contributed by atoms with Crippen LogP contribution in [0.3, 0.4) is 0 Å². The molecular formula is C10H10BrClFNO. The minimum atomic E-state index is -0.763. The molecule has 0 aliphatic rings. The van der Waals surface area contributed by atoms with E-state index in [1.54, 1.807) is 13.0 Å². The van der Waals surface area contributed by atoms with E-state index in [-0.39, 0.29) is 5.82 Å².